The van der Waals surface area contributed by atoms with E-state index in [0.717, 1.165) is 56.1 Å². The van der Waals surface area contributed by atoms with Crippen LogP contribution in [-0.2, 0) is 4.79 Å². The van der Waals surface area contributed by atoms with Gasteiger partial charge in [0.05, 0.1) is 6.10 Å². The van der Waals surface area contributed by atoms with Crippen LogP contribution in [-0.4, -0.2) is 17.0 Å². The quantitative estimate of drug-likeness (QED) is 0.514. The van der Waals surface area contributed by atoms with Crippen molar-refractivity contribution in [3.63, 3.8) is 0 Å². The third kappa shape index (κ3) is 2.60. The summed E-state index contributed by atoms with van der Waals surface area (Å²) in [6.45, 7) is 4.69. The van der Waals surface area contributed by atoms with Gasteiger partial charge in [-0.2, -0.15) is 0 Å². The van der Waals surface area contributed by atoms with Gasteiger partial charge in [0, 0.05) is 5.41 Å². The van der Waals surface area contributed by atoms with Gasteiger partial charge < -0.3 is 5.11 Å². The SMILES string of the molecule is C[C@]12CC[C@H](O)CC1=CC[C@H]1[C@H]2CC[C@]2(C)C(=O)/C(=C/c3ccccc3)C[C@@H]12. The normalized spacial score (nSPS) is 43.9. The summed E-state index contributed by atoms with van der Waals surface area (Å²) in [5, 5.41) is 10.2. The van der Waals surface area contributed by atoms with Gasteiger partial charge in [0.2, 0.25) is 0 Å². The number of Topliss-reactive ketones (excluding diaryl/α,β-unsaturated/α-hetero) is 1. The smallest absolute Gasteiger partial charge is 0.165 e. The Morgan fingerprint density at radius 1 is 1.00 bits per heavy atom. The van der Waals surface area contributed by atoms with Gasteiger partial charge in [-0.3, -0.25) is 4.79 Å². The Morgan fingerprint density at radius 2 is 1.75 bits per heavy atom. The van der Waals surface area contributed by atoms with E-state index in [-0.39, 0.29) is 16.9 Å². The number of carbonyl (C=O) groups excluding carboxylic acids is 1. The third-order valence-electron chi connectivity index (χ3n) is 8.86. The highest BCUT2D eigenvalue weighted by Crippen LogP contribution is 2.64. The lowest BCUT2D eigenvalue weighted by atomic mass is 9.48. The van der Waals surface area contributed by atoms with E-state index in [4.69, 9.17) is 0 Å². The van der Waals surface area contributed by atoms with E-state index >= 15 is 0 Å². The van der Waals surface area contributed by atoms with Crippen LogP contribution >= 0.6 is 0 Å². The number of aliphatic hydroxyl groups is 1. The lowest BCUT2D eigenvalue weighted by Gasteiger charge is -2.56. The highest BCUT2D eigenvalue weighted by Gasteiger charge is 2.59. The van der Waals surface area contributed by atoms with Gasteiger partial charge in [0.25, 0.3) is 0 Å². The molecule has 0 saturated heterocycles. The predicted molar refractivity (Wildman–Crippen MR) is 113 cm³/mol. The average Bonchev–Trinajstić information content (AvgIpc) is 2.94. The number of aliphatic hydroxyl groups excluding tert-OH is 1. The molecule has 4 aliphatic rings. The van der Waals surface area contributed by atoms with Crippen LogP contribution in [0.25, 0.3) is 6.08 Å². The first-order valence-electron chi connectivity index (χ1n) is 11.1. The molecule has 3 saturated carbocycles. The maximum atomic E-state index is 13.4. The van der Waals surface area contributed by atoms with Gasteiger partial charge >= 0.3 is 0 Å². The van der Waals surface area contributed by atoms with Crippen molar-refractivity contribution >= 4 is 11.9 Å². The van der Waals surface area contributed by atoms with E-state index < -0.39 is 0 Å². The second kappa shape index (κ2) is 6.42. The fourth-order valence-corrected chi connectivity index (χ4v) is 7.19. The molecule has 0 radical (unpaired) electrons. The Morgan fingerprint density at radius 3 is 2.54 bits per heavy atom. The molecule has 6 atom stereocenters. The Kier molecular flexibility index (Phi) is 4.21. The fourth-order valence-electron chi connectivity index (χ4n) is 7.19. The Hall–Kier alpha value is -1.67. The van der Waals surface area contributed by atoms with Gasteiger partial charge in [-0.1, -0.05) is 55.8 Å². The molecule has 0 unspecified atom stereocenters. The topological polar surface area (TPSA) is 37.3 Å². The maximum Gasteiger partial charge on any atom is 0.165 e. The van der Waals surface area contributed by atoms with Crippen LogP contribution in [0.2, 0.25) is 0 Å². The Bertz CT molecular complexity index is 850. The van der Waals surface area contributed by atoms with Gasteiger partial charge in [0.1, 0.15) is 0 Å². The predicted octanol–water partition coefficient (Wildman–Crippen LogP) is 5.57. The van der Waals surface area contributed by atoms with Crippen LogP contribution < -0.4 is 0 Å². The number of carbonyl (C=O) groups is 1. The molecule has 3 fully saturated rings. The largest absolute Gasteiger partial charge is 0.393 e. The number of fused-ring (bicyclic) bond motifs is 5. The van der Waals surface area contributed by atoms with E-state index in [1.54, 1.807) is 0 Å². The highest BCUT2D eigenvalue weighted by molar-refractivity contribution is 6.05. The number of ketones is 1. The average molecular weight is 377 g/mol. The molecule has 0 aliphatic heterocycles. The van der Waals surface area contributed by atoms with E-state index in [9.17, 15) is 9.90 Å². The van der Waals surface area contributed by atoms with Crippen molar-refractivity contribution in [1.29, 1.82) is 0 Å². The maximum absolute atomic E-state index is 13.4. The zero-order chi connectivity index (χ0) is 19.5. The third-order valence-corrected chi connectivity index (χ3v) is 8.86. The number of allylic oxidation sites excluding steroid dienone is 2. The van der Waals surface area contributed by atoms with Crippen molar-refractivity contribution in [2.45, 2.75) is 64.9 Å². The number of hydrogen-bond donors (Lipinski definition) is 1. The number of benzene rings is 1. The molecule has 2 heteroatoms. The zero-order valence-corrected chi connectivity index (χ0v) is 17.2. The number of rotatable bonds is 1. The minimum absolute atomic E-state index is 0.154. The second-order valence-corrected chi connectivity index (χ2v) is 10.2. The molecule has 0 heterocycles. The summed E-state index contributed by atoms with van der Waals surface area (Å²) in [6, 6.07) is 10.3. The molecule has 28 heavy (non-hydrogen) atoms. The van der Waals surface area contributed by atoms with Crippen molar-refractivity contribution in [3.8, 4) is 0 Å². The minimum Gasteiger partial charge on any atom is -0.393 e. The standard InChI is InChI=1S/C26H32O2/c1-25-12-10-20(27)16-19(25)8-9-21-22(25)11-13-26(2)23(21)15-18(24(26)28)14-17-6-4-3-5-7-17/h3-8,14,20-23,27H,9-13,15-16H2,1-2H3/b18-14+/t20-,21-,22+,23-,25-,26-/m0/s1. The Balaban J connectivity index is 1.48. The van der Waals surface area contributed by atoms with Gasteiger partial charge in [-0.05, 0) is 85.3 Å². The molecule has 0 amide bonds. The lowest BCUT2D eigenvalue weighted by molar-refractivity contribution is -0.130. The zero-order valence-electron chi connectivity index (χ0n) is 17.2. The first-order chi connectivity index (χ1) is 13.4. The van der Waals surface area contributed by atoms with Crippen LogP contribution in [0.4, 0.5) is 0 Å². The van der Waals surface area contributed by atoms with Crippen LogP contribution in [0.15, 0.2) is 47.6 Å². The molecular weight excluding hydrogens is 344 g/mol. The summed E-state index contributed by atoms with van der Waals surface area (Å²) in [5.74, 6) is 2.14. The molecule has 148 valence electrons. The molecule has 2 nitrogen and oxygen atoms in total. The van der Waals surface area contributed by atoms with Crippen LogP contribution in [0, 0.1) is 28.6 Å². The molecule has 1 aromatic carbocycles. The molecule has 1 aromatic rings. The number of hydrogen-bond acceptors (Lipinski definition) is 2. The lowest BCUT2D eigenvalue weighted by Crippen LogP contribution is -2.50. The van der Waals surface area contributed by atoms with Crippen LogP contribution in [0.1, 0.15) is 64.4 Å². The van der Waals surface area contributed by atoms with E-state index in [1.807, 2.05) is 18.2 Å². The highest BCUT2D eigenvalue weighted by atomic mass is 16.3. The molecule has 1 N–H and O–H groups in total. The molecule has 0 aromatic heterocycles. The van der Waals surface area contributed by atoms with Crippen LogP contribution in [0.5, 0.6) is 0 Å². The van der Waals surface area contributed by atoms with Crippen molar-refractivity contribution in [2.24, 2.45) is 28.6 Å². The van der Waals surface area contributed by atoms with Crippen molar-refractivity contribution < 1.29 is 9.90 Å². The molecule has 0 bridgehead atoms. The van der Waals surface area contributed by atoms with E-state index in [2.05, 4.69) is 38.1 Å². The van der Waals surface area contributed by atoms with Gasteiger partial charge in [-0.25, -0.2) is 0 Å². The van der Waals surface area contributed by atoms with Crippen molar-refractivity contribution in [3.05, 3.63) is 53.1 Å². The summed E-state index contributed by atoms with van der Waals surface area (Å²) in [4.78, 5) is 13.4. The minimum atomic E-state index is -0.183. The fraction of sp³-hybridized carbons (Fsp3) is 0.577. The van der Waals surface area contributed by atoms with Gasteiger partial charge in [-0.15, -0.1) is 0 Å². The van der Waals surface area contributed by atoms with Gasteiger partial charge in [0.15, 0.2) is 5.78 Å². The summed E-state index contributed by atoms with van der Waals surface area (Å²) in [7, 11) is 0. The monoisotopic (exact) mass is 376 g/mol. The molecule has 0 spiro atoms. The van der Waals surface area contributed by atoms with Crippen molar-refractivity contribution in [1.82, 2.24) is 0 Å². The second-order valence-electron chi connectivity index (χ2n) is 10.2. The van der Waals surface area contributed by atoms with Crippen molar-refractivity contribution in [2.75, 3.05) is 0 Å². The summed E-state index contributed by atoms with van der Waals surface area (Å²) >= 11 is 0. The Labute approximate surface area is 168 Å². The first-order valence-corrected chi connectivity index (χ1v) is 11.1. The summed E-state index contributed by atoms with van der Waals surface area (Å²) in [5.41, 5.74) is 3.73. The molecule has 4 aliphatic carbocycles. The molecular formula is C26H32O2. The van der Waals surface area contributed by atoms with Crippen LogP contribution in [0.3, 0.4) is 0 Å². The summed E-state index contributed by atoms with van der Waals surface area (Å²) in [6.07, 6.45) is 11.5. The van der Waals surface area contributed by atoms with E-state index in [1.165, 1.54) is 5.57 Å². The van der Waals surface area contributed by atoms with E-state index in [0.29, 0.717) is 23.5 Å². The molecule has 5 rings (SSSR count). The summed E-state index contributed by atoms with van der Waals surface area (Å²) < 4.78 is 0. The first kappa shape index (κ1) is 18.4.